The third kappa shape index (κ3) is 4.03. The Morgan fingerprint density at radius 2 is 1.93 bits per heavy atom. The lowest BCUT2D eigenvalue weighted by atomic mass is 9.94. The molecule has 2 aromatic rings. The van der Waals surface area contributed by atoms with Crippen LogP contribution < -0.4 is 0 Å². The fourth-order valence-corrected chi connectivity index (χ4v) is 4.12. The summed E-state index contributed by atoms with van der Waals surface area (Å²) < 4.78 is 39.5. The molecule has 1 amide bonds. The van der Waals surface area contributed by atoms with Gasteiger partial charge in [-0.25, -0.2) is 9.90 Å². The molecule has 2 aliphatic heterocycles. The predicted octanol–water partition coefficient (Wildman–Crippen LogP) is 4.53. The van der Waals surface area contributed by atoms with Gasteiger partial charge in [0.05, 0.1) is 18.0 Å². The number of hydrogen-bond acceptors (Lipinski definition) is 3. The first-order chi connectivity index (χ1) is 13.8. The molecule has 0 radical (unpaired) electrons. The van der Waals surface area contributed by atoms with Crippen LogP contribution in [0.5, 0.6) is 0 Å². The molecule has 1 fully saturated rings. The number of nitrogens with zero attached hydrogens (tertiary/aromatic N) is 2. The summed E-state index contributed by atoms with van der Waals surface area (Å²) in [5.41, 5.74) is 0.468. The third-order valence-corrected chi connectivity index (χ3v) is 5.39. The molecule has 0 aromatic heterocycles. The lowest BCUT2D eigenvalue weighted by molar-refractivity contribution is -0.268. The highest BCUT2D eigenvalue weighted by atomic mass is 35.5. The van der Waals surface area contributed by atoms with Crippen molar-refractivity contribution in [3.8, 4) is 0 Å². The van der Waals surface area contributed by atoms with Crippen LogP contribution >= 0.6 is 11.6 Å². The summed E-state index contributed by atoms with van der Waals surface area (Å²) in [5, 5.41) is -0.291. The van der Waals surface area contributed by atoms with Crippen molar-refractivity contribution in [3.63, 3.8) is 0 Å². The minimum atomic E-state index is -4.46. The zero-order valence-electron chi connectivity index (χ0n) is 15.3. The zero-order valence-corrected chi connectivity index (χ0v) is 16.0. The van der Waals surface area contributed by atoms with E-state index < -0.39 is 22.8 Å². The molecule has 29 heavy (non-hydrogen) atoms. The summed E-state index contributed by atoms with van der Waals surface area (Å²) >= 11 is 6.69. The fraction of sp³-hybridized carbons (Fsp3) is 0.286. The molecule has 0 spiro atoms. The number of benzene rings is 2. The number of carbonyl (C=O) groups excluding carboxylic acids is 1. The molecule has 1 saturated heterocycles. The Morgan fingerprint density at radius 3 is 2.62 bits per heavy atom. The third-order valence-electron chi connectivity index (χ3n) is 4.99. The van der Waals surface area contributed by atoms with Crippen LogP contribution in [-0.4, -0.2) is 34.1 Å². The highest BCUT2D eigenvalue weighted by molar-refractivity contribution is 6.25. The van der Waals surface area contributed by atoms with Gasteiger partial charge in [0.1, 0.15) is 6.67 Å². The van der Waals surface area contributed by atoms with E-state index in [2.05, 4.69) is 0 Å². The number of hydroxylamine groups is 2. The fourth-order valence-electron chi connectivity index (χ4n) is 3.69. The number of halogens is 4. The number of carbonyl (C=O) groups is 1. The van der Waals surface area contributed by atoms with Crippen LogP contribution in [0, 0.1) is 0 Å². The van der Waals surface area contributed by atoms with Gasteiger partial charge >= 0.3 is 6.18 Å². The van der Waals surface area contributed by atoms with Gasteiger partial charge < -0.3 is 0 Å². The van der Waals surface area contributed by atoms with Gasteiger partial charge in [-0.05, 0) is 29.3 Å². The van der Waals surface area contributed by atoms with Gasteiger partial charge in [-0.1, -0.05) is 60.1 Å². The topological polar surface area (TPSA) is 32.8 Å². The van der Waals surface area contributed by atoms with Crippen LogP contribution in [0.1, 0.15) is 22.7 Å². The molecule has 4 rings (SSSR count). The Morgan fingerprint density at radius 1 is 1.17 bits per heavy atom. The molecule has 152 valence electrons. The highest BCUT2D eigenvalue weighted by Crippen LogP contribution is 2.46. The van der Waals surface area contributed by atoms with Crippen molar-refractivity contribution in [2.45, 2.75) is 23.7 Å². The molecule has 1 unspecified atom stereocenters. The average molecular weight is 423 g/mol. The second kappa shape index (κ2) is 7.48. The van der Waals surface area contributed by atoms with Crippen molar-refractivity contribution in [1.82, 2.24) is 9.96 Å². The maximum Gasteiger partial charge on any atom is 0.416 e. The van der Waals surface area contributed by atoms with E-state index in [9.17, 15) is 18.0 Å². The number of alkyl halides is 4. The summed E-state index contributed by atoms with van der Waals surface area (Å²) in [7, 11) is 0. The average Bonchev–Trinajstić information content (AvgIpc) is 2.67. The van der Waals surface area contributed by atoms with E-state index in [1.54, 1.807) is 18.2 Å². The van der Waals surface area contributed by atoms with Crippen molar-refractivity contribution in [2.24, 2.45) is 0 Å². The maximum absolute atomic E-state index is 13.2. The van der Waals surface area contributed by atoms with Gasteiger partial charge in [-0.15, -0.1) is 0 Å². The standard InChI is InChI=1S/C21H18ClF3N2O2/c22-20-10-5-11-26(19(20)16-8-4-9-17(13-16)21(23,24)25)14-27(29-20)18(28)12-15-6-2-1-3-7-15/h1-10,13,19H,11-12,14H2/t19-,20-/m1/s1. The first kappa shape index (κ1) is 19.9. The van der Waals surface area contributed by atoms with Gasteiger partial charge in [0.25, 0.3) is 5.91 Å². The molecule has 0 saturated carbocycles. The molecular formula is C21H18ClF3N2O2. The number of rotatable bonds is 3. The molecule has 0 N–H and O–H groups in total. The van der Waals surface area contributed by atoms with Crippen molar-refractivity contribution in [1.29, 1.82) is 0 Å². The van der Waals surface area contributed by atoms with Gasteiger partial charge in [0.2, 0.25) is 5.06 Å². The van der Waals surface area contributed by atoms with Crippen LogP contribution in [0.4, 0.5) is 13.2 Å². The van der Waals surface area contributed by atoms with Gasteiger partial charge in [-0.3, -0.25) is 9.69 Å². The number of amides is 1. The summed E-state index contributed by atoms with van der Waals surface area (Å²) in [4.78, 5) is 20.4. The van der Waals surface area contributed by atoms with E-state index in [1.165, 1.54) is 11.1 Å². The van der Waals surface area contributed by atoms with Gasteiger partial charge in [0, 0.05) is 6.54 Å². The smallest absolute Gasteiger partial charge is 0.272 e. The maximum atomic E-state index is 13.2. The van der Waals surface area contributed by atoms with Crippen LogP contribution in [0.3, 0.4) is 0 Å². The van der Waals surface area contributed by atoms with Crippen LogP contribution in [-0.2, 0) is 22.2 Å². The SMILES string of the molecule is O=C(Cc1ccccc1)N1CN2CC=C[C@@](Cl)(O1)[C@H]2c1cccc(C(F)(F)F)c1. The number of hydrogen-bond donors (Lipinski definition) is 0. The number of fused-ring (bicyclic) bond motifs is 2. The van der Waals surface area contributed by atoms with Crippen LogP contribution in [0.15, 0.2) is 66.7 Å². The molecule has 2 heterocycles. The minimum absolute atomic E-state index is 0.103. The second-order valence-electron chi connectivity index (χ2n) is 7.06. The predicted molar refractivity (Wildman–Crippen MR) is 102 cm³/mol. The molecule has 8 heteroatoms. The lowest BCUT2D eigenvalue weighted by Gasteiger charge is -2.50. The highest BCUT2D eigenvalue weighted by Gasteiger charge is 2.50. The van der Waals surface area contributed by atoms with Crippen molar-refractivity contribution >= 4 is 17.5 Å². The molecule has 2 aromatic carbocycles. The Balaban J connectivity index is 1.59. The Bertz CT molecular complexity index is 935. The van der Waals surface area contributed by atoms with E-state index in [0.29, 0.717) is 12.1 Å². The van der Waals surface area contributed by atoms with E-state index >= 15 is 0 Å². The molecule has 3 atom stereocenters. The Kier molecular flexibility index (Phi) is 5.14. The Labute approximate surface area is 171 Å². The van der Waals surface area contributed by atoms with Crippen molar-refractivity contribution in [2.75, 3.05) is 13.2 Å². The van der Waals surface area contributed by atoms with Crippen LogP contribution in [0.25, 0.3) is 0 Å². The summed E-state index contributed by atoms with van der Waals surface area (Å²) in [6.45, 7) is 0.541. The zero-order chi connectivity index (χ0) is 20.6. The second-order valence-corrected chi connectivity index (χ2v) is 7.66. The molecule has 4 nitrogen and oxygen atoms in total. The first-order valence-electron chi connectivity index (χ1n) is 9.07. The summed E-state index contributed by atoms with van der Waals surface area (Å²) in [6, 6.07) is 13.6. The van der Waals surface area contributed by atoms with E-state index in [0.717, 1.165) is 17.7 Å². The lowest BCUT2D eigenvalue weighted by Crippen LogP contribution is -2.59. The monoisotopic (exact) mass is 422 g/mol. The van der Waals surface area contributed by atoms with Crippen molar-refractivity contribution in [3.05, 3.63) is 83.4 Å². The summed E-state index contributed by atoms with van der Waals surface area (Å²) in [6.07, 6.45) is -0.934. The van der Waals surface area contributed by atoms with Crippen LogP contribution in [0.2, 0.25) is 0 Å². The normalized spacial score (nSPS) is 26.4. The molecular weight excluding hydrogens is 405 g/mol. The van der Waals surface area contributed by atoms with E-state index in [4.69, 9.17) is 16.4 Å². The van der Waals surface area contributed by atoms with E-state index in [-0.39, 0.29) is 19.0 Å². The quantitative estimate of drug-likeness (QED) is 0.538. The molecule has 2 aliphatic rings. The minimum Gasteiger partial charge on any atom is -0.272 e. The summed E-state index contributed by atoms with van der Waals surface area (Å²) in [5.74, 6) is -0.274. The first-order valence-corrected chi connectivity index (χ1v) is 9.45. The van der Waals surface area contributed by atoms with Crippen molar-refractivity contribution < 1.29 is 22.8 Å². The van der Waals surface area contributed by atoms with Gasteiger partial charge in [0.15, 0.2) is 0 Å². The Hall–Kier alpha value is -2.35. The van der Waals surface area contributed by atoms with Gasteiger partial charge in [-0.2, -0.15) is 13.2 Å². The molecule has 0 aliphatic carbocycles. The largest absolute Gasteiger partial charge is 0.416 e. The molecule has 2 bridgehead atoms. The van der Waals surface area contributed by atoms with E-state index in [1.807, 2.05) is 35.2 Å².